The molecular formula is CH8LiMnO4P. The molecule has 0 fully saturated rings. The first-order chi connectivity index (χ1) is 2.00. The number of phosphoric acid groups is 1. The van der Waals surface area contributed by atoms with Gasteiger partial charge in [-0.15, -0.1) is 0 Å². The van der Waals surface area contributed by atoms with Crippen molar-refractivity contribution in [2.45, 2.75) is 7.43 Å². The van der Waals surface area contributed by atoms with Gasteiger partial charge in [0.1, 0.15) is 0 Å². The summed E-state index contributed by atoms with van der Waals surface area (Å²) in [4.78, 5) is 21.6. The second-order valence-corrected chi connectivity index (χ2v) is 1.54. The van der Waals surface area contributed by atoms with Crippen LogP contribution in [0.4, 0.5) is 0 Å². The van der Waals surface area contributed by atoms with Crippen molar-refractivity contribution < 1.29 is 36.3 Å². The van der Waals surface area contributed by atoms with Gasteiger partial charge < -0.3 is 14.7 Å². The number of rotatable bonds is 0. The molecule has 0 saturated heterocycles. The van der Waals surface area contributed by atoms with Crippen LogP contribution in [0.2, 0.25) is 0 Å². The molecule has 0 saturated carbocycles. The molecule has 0 rings (SSSR count). The second-order valence-electron chi connectivity index (χ2n) is 0.513. The van der Waals surface area contributed by atoms with Crippen molar-refractivity contribution in [3.63, 3.8) is 0 Å². The summed E-state index contributed by atoms with van der Waals surface area (Å²) >= 11 is 0. The Morgan fingerprint density at radius 2 is 1.12 bits per heavy atom. The van der Waals surface area contributed by atoms with Crippen LogP contribution in [0.1, 0.15) is 7.43 Å². The van der Waals surface area contributed by atoms with Crippen LogP contribution in [0.25, 0.3) is 0 Å². The fourth-order valence-electron chi connectivity index (χ4n) is 0. The summed E-state index contributed by atoms with van der Waals surface area (Å²) in [6.07, 6.45) is 0. The molecule has 4 nitrogen and oxygen atoms in total. The Morgan fingerprint density at radius 3 is 1.12 bits per heavy atom. The van der Waals surface area contributed by atoms with Crippen molar-refractivity contribution in [3.05, 3.63) is 0 Å². The Balaban J connectivity index is -0.0000000267. The van der Waals surface area contributed by atoms with E-state index in [4.69, 9.17) is 19.2 Å². The predicted octanol–water partition coefficient (Wildman–Crippen LogP) is -0.944. The van der Waals surface area contributed by atoms with Gasteiger partial charge in [0, 0.05) is 17.1 Å². The maximum absolute atomic E-state index is 8.88. The molecule has 8 heavy (non-hydrogen) atoms. The molecule has 0 unspecified atom stereocenters. The van der Waals surface area contributed by atoms with Crippen molar-refractivity contribution >= 4 is 26.7 Å². The Morgan fingerprint density at radius 1 is 1.12 bits per heavy atom. The third-order valence-corrected chi connectivity index (χ3v) is 0. The molecule has 1 radical (unpaired) electrons. The molecule has 0 bridgehead atoms. The zero-order chi connectivity index (χ0) is 4.50. The van der Waals surface area contributed by atoms with Gasteiger partial charge in [-0.1, -0.05) is 7.43 Å². The Labute approximate surface area is 70.6 Å². The van der Waals surface area contributed by atoms with Crippen molar-refractivity contribution in [1.29, 1.82) is 0 Å². The van der Waals surface area contributed by atoms with Crippen LogP contribution < -0.4 is 0 Å². The molecule has 0 aliphatic carbocycles. The van der Waals surface area contributed by atoms with E-state index in [9.17, 15) is 0 Å². The average molecular weight is 177 g/mol. The standard InChI is InChI=1S/CH4.Li.Mn.H3O4P.H/c;;;1-5(2,3)4;/h1H4;;;(H3,1,2,3,4);. The number of hydrogen-bond donors (Lipinski definition) is 3. The zero-order valence-electron chi connectivity index (χ0n) is 2.58. The molecule has 0 atom stereocenters. The van der Waals surface area contributed by atoms with Gasteiger partial charge in [-0.2, -0.15) is 0 Å². The topological polar surface area (TPSA) is 77.8 Å². The van der Waals surface area contributed by atoms with Crippen molar-refractivity contribution in [1.82, 2.24) is 0 Å². The summed E-state index contributed by atoms with van der Waals surface area (Å²) in [6.45, 7) is 0. The van der Waals surface area contributed by atoms with Crippen LogP contribution in [0.15, 0.2) is 0 Å². The monoisotopic (exact) mass is 177 g/mol. The third kappa shape index (κ3) is 186. The summed E-state index contributed by atoms with van der Waals surface area (Å²) in [5.74, 6) is 0. The summed E-state index contributed by atoms with van der Waals surface area (Å²) in [5, 5.41) is 0. The molecular weight excluding hydrogens is 169 g/mol. The van der Waals surface area contributed by atoms with E-state index in [0.717, 1.165) is 0 Å². The molecule has 0 spiro atoms. The van der Waals surface area contributed by atoms with E-state index in [0.29, 0.717) is 0 Å². The molecule has 3 N–H and O–H groups in total. The van der Waals surface area contributed by atoms with E-state index in [1.165, 1.54) is 0 Å². The minimum absolute atomic E-state index is 0. The van der Waals surface area contributed by atoms with Crippen LogP contribution in [-0.2, 0) is 21.6 Å². The van der Waals surface area contributed by atoms with Gasteiger partial charge >= 0.3 is 26.7 Å². The second kappa shape index (κ2) is 8.23. The third-order valence-electron chi connectivity index (χ3n) is 0. The molecule has 7 heteroatoms. The van der Waals surface area contributed by atoms with E-state index in [1.807, 2.05) is 0 Å². The van der Waals surface area contributed by atoms with Crippen molar-refractivity contribution in [3.8, 4) is 0 Å². The molecule has 0 aromatic rings. The van der Waals surface area contributed by atoms with E-state index in [1.54, 1.807) is 0 Å². The van der Waals surface area contributed by atoms with Gasteiger partial charge in [-0.3, -0.25) is 0 Å². The molecule has 0 aliphatic rings. The summed E-state index contributed by atoms with van der Waals surface area (Å²) in [7, 11) is -4.64. The largest absolute Gasteiger partial charge is 0 e. The van der Waals surface area contributed by atoms with Gasteiger partial charge in [0.15, 0.2) is 0 Å². The van der Waals surface area contributed by atoms with Crippen molar-refractivity contribution in [2.24, 2.45) is 0 Å². The molecule has 0 aliphatic heterocycles. The number of hydrogen-bond acceptors (Lipinski definition) is 1. The smallest absolute Gasteiger partial charge is 0 e. The SMILES string of the molecule is C.O=P(O)(O)O.[LiH].[Mn]. The van der Waals surface area contributed by atoms with Gasteiger partial charge in [0.05, 0.1) is 0 Å². The van der Waals surface area contributed by atoms with E-state index < -0.39 is 7.82 Å². The molecule has 0 aromatic heterocycles. The first kappa shape index (κ1) is 22.9. The van der Waals surface area contributed by atoms with E-state index >= 15 is 0 Å². The Kier molecular flexibility index (Phi) is 23.5. The summed E-state index contributed by atoms with van der Waals surface area (Å²) in [6, 6.07) is 0. The minimum atomic E-state index is -4.64. The van der Waals surface area contributed by atoms with Crippen LogP contribution in [0, 0.1) is 0 Å². The Bertz CT molecular complexity index is 62.2. The summed E-state index contributed by atoms with van der Waals surface area (Å²) in [5.41, 5.74) is 0. The zero-order valence-corrected chi connectivity index (χ0v) is 4.65. The maximum atomic E-state index is 8.88. The molecule has 49 valence electrons. The quantitative estimate of drug-likeness (QED) is 0.329. The fraction of sp³-hybridized carbons (Fsp3) is 1.00. The predicted molar refractivity (Wildman–Crippen MR) is 28.1 cm³/mol. The van der Waals surface area contributed by atoms with Gasteiger partial charge in [-0.05, 0) is 0 Å². The van der Waals surface area contributed by atoms with Gasteiger partial charge in [-0.25, -0.2) is 4.57 Å². The fourth-order valence-corrected chi connectivity index (χ4v) is 0. The van der Waals surface area contributed by atoms with Crippen molar-refractivity contribution in [2.75, 3.05) is 0 Å². The Hall–Kier alpha value is 1.23. The summed E-state index contributed by atoms with van der Waals surface area (Å²) < 4.78 is 8.88. The first-order valence-electron chi connectivity index (χ1n) is 0.783. The van der Waals surface area contributed by atoms with Gasteiger partial charge in [0.2, 0.25) is 0 Å². The average Bonchev–Trinajstić information content (AvgIpc) is 0.722. The maximum Gasteiger partial charge on any atom is 0 e. The van der Waals surface area contributed by atoms with Crippen LogP contribution in [-0.4, -0.2) is 33.5 Å². The normalized spacial score (nSPS) is 7.38. The van der Waals surface area contributed by atoms with Crippen LogP contribution in [0.3, 0.4) is 0 Å². The van der Waals surface area contributed by atoms with E-state index in [-0.39, 0.29) is 43.4 Å². The first-order valence-corrected chi connectivity index (χ1v) is 2.35. The molecule has 0 aromatic carbocycles. The van der Waals surface area contributed by atoms with Gasteiger partial charge in [0.25, 0.3) is 0 Å². The minimum Gasteiger partial charge on any atom is 0 e. The van der Waals surface area contributed by atoms with E-state index in [2.05, 4.69) is 0 Å². The van der Waals surface area contributed by atoms with Crippen LogP contribution >= 0.6 is 7.82 Å². The van der Waals surface area contributed by atoms with Crippen LogP contribution in [0.5, 0.6) is 0 Å². The molecule has 0 amide bonds. The molecule has 0 heterocycles.